The standard InChI is InChI=1S/C13H17Cl2NO2/c1-8(16-13(2,3)12(17)18-4)9-6-5-7-10(14)11(9)15/h5-8,16H,1-4H3. The summed E-state index contributed by atoms with van der Waals surface area (Å²) < 4.78 is 4.75. The second-order valence-corrected chi connectivity index (χ2v) is 5.41. The number of methoxy groups -OCH3 is 1. The van der Waals surface area contributed by atoms with Gasteiger partial charge in [-0.05, 0) is 32.4 Å². The Morgan fingerprint density at radius 2 is 2.00 bits per heavy atom. The first-order chi connectivity index (χ1) is 8.29. The molecule has 1 N–H and O–H groups in total. The summed E-state index contributed by atoms with van der Waals surface area (Å²) in [6.45, 7) is 5.43. The van der Waals surface area contributed by atoms with E-state index in [2.05, 4.69) is 5.32 Å². The van der Waals surface area contributed by atoms with Gasteiger partial charge < -0.3 is 4.74 Å². The molecule has 1 unspecified atom stereocenters. The van der Waals surface area contributed by atoms with Crippen LogP contribution in [0.25, 0.3) is 0 Å². The van der Waals surface area contributed by atoms with Crippen LogP contribution in [0.1, 0.15) is 32.4 Å². The summed E-state index contributed by atoms with van der Waals surface area (Å²) in [5, 5.41) is 4.17. The Morgan fingerprint density at radius 3 is 2.56 bits per heavy atom. The van der Waals surface area contributed by atoms with Crippen molar-refractivity contribution in [3.63, 3.8) is 0 Å². The fourth-order valence-electron chi connectivity index (χ4n) is 1.79. The van der Waals surface area contributed by atoms with Gasteiger partial charge in [0.05, 0.1) is 17.2 Å². The average Bonchev–Trinajstić information content (AvgIpc) is 2.30. The topological polar surface area (TPSA) is 38.3 Å². The van der Waals surface area contributed by atoms with Gasteiger partial charge in [-0.3, -0.25) is 10.1 Å². The molecule has 0 fully saturated rings. The molecule has 1 atom stereocenters. The zero-order valence-corrected chi connectivity index (χ0v) is 12.4. The van der Waals surface area contributed by atoms with Gasteiger partial charge in [0, 0.05) is 6.04 Å². The number of carbonyl (C=O) groups is 1. The van der Waals surface area contributed by atoms with Gasteiger partial charge in [-0.15, -0.1) is 0 Å². The van der Waals surface area contributed by atoms with E-state index in [4.69, 9.17) is 27.9 Å². The van der Waals surface area contributed by atoms with Crippen molar-refractivity contribution in [2.24, 2.45) is 0 Å². The van der Waals surface area contributed by atoms with E-state index >= 15 is 0 Å². The smallest absolute Gasteiger partial charge is 0.325 e. The van der Waals surface area contributed by atoms with Gasteiger partial charge in [0.2, 0.25) is 0 Å². The predicted molar refractivity (Wildman–Crippen MR) is 74.1 cm³/mol. The van der Waals surface area contributed by atoms with Crippen LogP contribution in [0.15, 0.2) is 18.2 Å². The minimum absolute atomic E-state index is 0.120. The van der Waals surface area contributed by atoms with Crippen LogP contribution < -0.4 is 5.32 Å². The van der Waals surface area contributed by atoms with E-state index in [1.54, 1.807) is 19.9 Å². The van der Waals surface area contributed by atoms with E-state index in [0.29, 0.717) is 10.0 Å². The van der Waals surface area contributed by atoms with Crippen molar-refractivity contribution >= 4 is 29.2 Å². The summed E-state index contributed by atoms with van der Waals surface area (Å²) in [5.74, 6) is -0.326. The molecule has 100 valence electrons. The van der Waals surface area contributed by atoms with Crippen LogP contribution in [0, 0.1) is 0 Å². The maximum Gasteiger partial charge on any atom is 0.325 e. The second kappa shape index (κ2) is 5.91. The Balaban J connectivity index is 2.92. The largest absolute Gasteiger partial charge is 0.468 e. The Kier molecular flexibility index (Phi) is 5.02. The Hall–Kier alpha value is -0.770. The molecular formula is C13H17Cl2NO2. The van der Waals surface area contributed by atoms with Gasteiger partial charge in [-0.2, -0.15) is 0 Å². The average molecular weight is 290 g/mol. The molecule has 0 aliphatic carbocycles. The third kappa shape index (κ3) is 3.37. The summed E-state index contributed by atoms with van der Waals surface area (Å²) in [5.41, 5.74) is 0.0564. The molecule has 0 spiro atoms. The molecule has 0 heterocycles. The molecule has 0 saturated carbocycles. The van der Waals surface area contributed by atoms with Crippen LogP contribution in [-0.4, -0.2) is 18.6 Å². The number of carbonyl (C=O) groups excluding carboxylic acids is 1. The van der Waals surface area contributed by atoms with Crippen molar-refractivity contribution in [2.45, 2.75) is 32.4 Å². The highest BCUT2D eigenvalue weighted by Gasteiger charge is 2.30. The predicted octanol–water partition coefficient (Wildman–Crippen LogP) is 3.60. The highest BCUT2D eigenvalue weighted by molar-refractivity contribution is 6.42. The van der Waals surface area contributed by atoms with E-state index < -0.39 is 5.54 Å². The number of hydrogen-bond donors (Lipinski definition) is 1. The van der Waals surface area contributed by atoms with Crippen LogP contribution in [0.5, 0.6) is 0 Å². The minimum Gasteiger partial charge on any atom is -0.468 e. The van der Waals surface area contributed by atoms with Crippen LogP contribution >= 0.6 is 23.2 Å². The minimum atomic E-state index is -0.792. The fourth-order valence-corrected chi connectivity index (χ4v) is 2.26. The van der Waals surface area contributed by atoms with Gasteiger partial charge >= 0.3 is 5.97 Å². The molecule has 5 heteroatoms. The number of rotatable bonds is 4. The van der Waals surface area contributed by atoms with Crippen LogP contribution in [-0.2, 0) is 9.53 Å². The third-order valence-electron chi connectivity index (χ3n) is 2.72. The molecular weight excluding hydrogens is 273 g/mol. The molecule has 0 radical (unpaired) electrons. The first-order valence-electron chi connectivity index (χ1n) is 5.59. The van der Waals surface area contributed by atoms with E-state index in [1.807, 2.05) is 19.1 Å². The number of esters is 1. The number of nitrogens with one attached hydrogen (secondary N) is 1. The van der Waals surface area contributed by atoms with Crippen molar-refractivity contribution in [3.05, 3.63) is 33.8 Å². The highest BCUT2D eigenvalue weighted by atomic mass is 35.5. The SMILES string of the molecule is COC(=O)C(C)(C)NC(C)c1cccc(Cl)c1Cl. The van der Waals surface area contributed by atoms with E-state index in [1.165, 1.54) is 7.11 Å². The number of ether oxygens (including phenoxy) is 1. The van der Waals surface area contributed by atoms with Crippen molar-refractivity contribution < 1.29 is 9.53 Å². The normalized spacial score (nSPS) is 13.2. The summed E-state index contributed by atoms with van der Waals surface area (Å²) in [6.07, 6.45) is 0. The molecule has 0 amide bonds. The van der Waals surface area contributed by atoms with Gasteiger partial charge in [0.15, 0.2) is 0 Å². The molecule has 1 aromatic carbocycles. The van der Waals surface area contributed by atoms with E-state index in [9.17, 15) is 4.79 Å². The lowest BCUT2D eigenvalue weighted by atomic mass is 10.0. The number of halogens is 2. The lowest BCUT2D eigenvalue weighted by Crippen LogP contribution is -2.48. The molecule has 1 rings (SSSR count). The molecule has 0 saturated heterocycles. The first kappa shape index (κ1) is 15.3. The van der Waals surface area contributed by atoms with Crippen LogP contribution in [0.4, 0.5) is 0 Å². The van der Waals surface area contributed by atoms with Gasteiger partial charge in [-0.25, -0.2) is 0 Å². The third-order valence-corrected chi connectivity index (χ3v) is 3.55. The van der Waals surface area contributed by atoms with Crippen LogP contribution in [0.2, 0.25) is 10.0 Å². The second-order valence-electron chi connectivity index (χ2n) is 4.63. The van der Waals surface area contributed by atoms with Crippen molar-refractivity contribution in [3.8, 4) is 0 Å². The zero-order chi connectivity index (χ0) is 13.9. The molecule has 0 aliphatic rings. The first-order valence-corrected chi connectivity index (χ1v) is 6.35. The Morgan fingerprint density at radius 1 is 1.39 bits per heavy atom. The summed E-state index contributed by atoms with van der Waals surface area (Å²) in [7, 11) is 1.36. The highest BCUT2D eigenvalue weighted by Crippen LogP contribution is 2.30. The number of benzene rings is 1. The van der Waals surface area contributed by atoms with Crippen molar-refractivity contribution in [2.75, 3.05) is 7.11 Å². The molecule has 1 aromatic rings. The van der Waals surface area contributed by atoms with Gasteiger partial charge in [0.25, 0.3) is 0 Å². The monoisotopic (exact) mass is 289 g/mol. The number of hydrogen-bond acceptors (Lipinski definition) is 3. The summed E-state index contributed by atoms with van der Waals surface area (Å²) >= 11 is 12.1. The van der Waals surface area contributed by atoms with Gasteiger partial charge in [-0.1, -0.05) is 35.3 Å². The molecule has 0 bridgehead atoms. The fraction of sp³-hybridized carbons (Fsp3) is 0.462. The maximum atomic E-state index is 11.6. The molecule has 3 nitrogen and oxygen atoms in total. The lowest BCUT2D eigenvalue weighted by molar-refractivity contribution is -0.147. The molecule has 0 aromatic heterocycles. The Labute approximate surface area is 117 Å². The van der Waals surface area contributed by atoms with Crippen LogP contribution in [0.3, 0.4) is 0 Å². The zero-order valence-electron chi connectivity index (χ0n) is 10.9. The maximum absolute atomic E-state index is 11.6. The molecule has 18 heavy (non-hydrogen) atoms. The summed E-state index contributed by atoms with van der Waals surface area (Å²) in [4.78, 5) is 11.6. The lowest BCUT2D eigenvalue weighted by Gasteiger charge is -2.28. The van der Waals surface area contributed by atoms with E-state index in [0.717, 1.165) is 5.56 Å². The van der Waals surface area contributed by atoms with Crippen molar-refractivity contribution in [1.29, 1.82) is 0 Å². The quantitative estimate of drug-likeness (QED) is 0.861. The van der Waals surface area contributed by atoms with Gasteiger partial charge in [0.1, 0.15) is 5.54 Å². The van der Waals surface area contributed by atoms with E-state index in [-0.39, 0.29) is 12.0 Å². The summed E-state index contributed by atoms with van der Waals surface area (Å²) in [6, 6.07) is 5.31. The Bertz CT molecular complexity index is 447. The van der Waals surface area contributed by atoms with Crippen molar-refractivity contribution in [1.82, 2.24) is 5.32 Å². The molecule has 0 aliphatic heterocycles.